The second-order valence-corrected chi connectivity index (χ2v) is 7.22. The van der Waals surface area contributed by atoms with Crippen molar-refractivity contribution in [2.75, 3.05) is 17.7 Å². The van der Waals surface area contributed by atoms with Crippen molar-refractivity contribution in [2.45, 2.75) is 11.3 Å². The van der Waals surface area contributed by atoms with Crippen molar-refractivity contribution >= 4 is 58.2 Å². The molecule has 0 atom stereocenters. The first kappa shape index (κ1) is 21.0. The fourth-order valence-corrected chi connectivity index (χ4v) is 3.09. The van der Waals surface area contributed by atoms with E-state index in [1.165, 1.54) is 30.0 Å². The van der Waals surface area contributed by atoms with E-state index in [4.69, 9.17) is 27.9 Å². The summed E-state index contributed by atoms with van der Waals surface area (Å²) in [5.74, 6) is -0.770. The number of thioether (sulfide) groups is 1. The summed E-state index contributed by atoms with van der Waals surface area (Å²) >= 11 is 13.0. The number of anilines is 1. The van der Waals surface area contributed by atoms with Gasteiger partial charge >= 0.3 is 5.97 Å². The van der Waals surface area contributed by atoms with Crippen LogP contribution in [0.2, 0.25) is 10.0 Å². The highest BCUT2D eigenvalue weighted by Crippen LogP contribution is 2.27. The minimum absolute atomic E-state index is 0.0631. The number of esters is 1. The van der Waals surface area contributed by atoms with Crippen LogP contribution in [0.3, 0.4) is 0 Å². The molecule has 0 aromatic heterocycles. The fraction of sp³-hybridized carbons (Fsp3) is 0.176. The van der Waals surface area contributed by atoms with Crippen molar-refractivity contribution in [3.05, 3.63) is 62.6 Å². The van der Waals surface area contributed by atoms with Crippen molar-refractivity contribution in [2.24, 2.45) is 0 Å². The van der Waals surface area contributed by atoms with Gasteiger partial charge in [0, 0.05) is 26.8 Å². The molecule has 0 bridgehead atoms. The van der Waals surface area contributed by atoms with Crippen LogP contribution in [0, 0.1) is 10.1 Å². The number of nitrogens with zero attached hydrogens (tertiary/aromatic N) is 1. The van der Waals surface area contributed by atoms with E-state index in [9.17, 15) is 19.7 Å². The second kappa shape index (κ2) is 10.1. The summed E-state index contributed by atoms with van der Waals surface area (Å²) in [5.41, 5.74) is -0.370. The molecule has 0 heterocycles. The van der Waals surface area contributed by atoms with E-state index in [0.717, 1.165) is 4.90 Å². The standard InChI is InChI=1S/C17H14Cl2N2O5S/c18-11-1-4-13(5-2-11)27-8-7-17(23)26-10-16(22)20-14-9-12(19)3-6-15(14)21(24)25/h1-6,9H,7-8,10H2,(H,20,22). The molecule has 0 fully saturated rings. The third-order valence-electron chi connectivity index (χ3n) is 3.18. The van der Waals surface area contributed by atoms with E-state index in [-0.39, 0.29) is 22.8 Å². The zero-order valence-electron chi connectivity index (χ0n) is 13.8. The maximum atomic E-state index is 11.9. The van der Waals surface area contributed by atoms with Crippen molar-refractivity contribution in [3.8, 4) is 0 Å². The topological polar surface area (TPSA) is 98.5 Å². The lowest BCUT2D eigenvalue weighted by Gasteiger charge is -2.07. The molecule has 10 heteroatoms. The Labute approximate surface area is 169 Å². The number of carbonyl (C=O) groups excluding carboxylic acids is 2. The van der Waals surface area contributed by atoms with Crippen LogP contribution in [0.5, 0.6) is 0 Å². The molecule has 2 aromatic rings. The van der Waals surface area contributed by atoms with E-state index in [2.05, 4.69) is 5.32 Å². The predicted octanol–water partition coefficient (Wildman–Crippen LogP) is 4.57. The maximum Gasteiger partial charge on any atom is 0.307 e. The Hall–Kier alpha value is -2.29. The van der Waals surface area contributed by atoms with Gasteiger partial charge in [0.25, 0.3) is 11.6 Å². The van der Waals surface area contributed by atoms with Gasteiger partial charge in [0.15, 0.2) is 6.61 Å². The summed E-state index contributed by atoms with van der Waals surface area (Å²) in [4.78, 5) is 34.8. The van der Waals surface area contributed by atoms with Crippen LogP contribution < -0.4 is 5.32 Å². The van der Waals surface area contributed by atoms with E-state index in [1.807, 2.05) is 12.1 Å². The molecule has 0 aliphatic carbocycles. The van der Waals surface area contributed by atoms with Gasteiger partial charge in [-0.1, -0.05) is 23.2 Å². The van der Waals surface area contributed by atoms with Gasteiger partial charge < -0.3 is 10.1 Å². The van der Waals surface area contributed by atoms with E-state index >= 15 is 0 Å². The summed E-state index contributed by atoms with van der Waals surface area (Å²) in [7, 11) is 0. The SMILES string of the molecule is O=C(COC(=O)CCSc1ccc(Cl)cc1)Nc1cc(Cl)ccc1[N+](=O)[O-]. The normalized spacial score (nSPS) is 10.3. The number of carbonyl (C=O) groups is 2. The Balaban J connectivity index is 1.76. The lowest BCUT2D eigenvalue weighted by atomic mass is 10.2. The number of ether oxygens (including phenoxy) is 1. The Morgan fingerprint density at radius 3 is 2.44 bits per heavy atom. The first-order valence-corrected chi connectivity index (χ1v) is 9.37. The number of benzene rings is 2. The lowest BCUT2D eigenvalue weighted by molar-refractivity contribution is -0.383. The molecule has 0 aliphatic rings. The molecule has 142 valence electrons. The third-order valence-corrected chi connectivity index (χ3v) is 4.68. The average Bonchev–Trinajstić information content (AvgIpc) is 2.61. The molecule has 0 aliphatic heterocycles. The molecule has 1 amide bonds. The molecule has 0 radical (unpaired) electrons. The van der Waals surface area contributed by atoms with Gasteiger partial charge in [0.1, 0.15) is 5.69 Å². The number of hydrogen-bond acceptors (Lipinski definition) is 6. The highest BCUT2D eigenvalue weighted by Gasteiger charge is 2.17. The molecule has 2 rings (SSSR count). The van der Waals surface area contributed by atoms with Gasteiger partial charge in [0.05, 0.1) is 11.3 Å². The van der Waals surface area contributed by atoms with E-state index < -0.39 is 23.4 Å². The zero-order valence-corrected chi connectivity index (χ0v) is 16.1. The van der Waals surface area contributed by atoms with Gasteiger partial charge in [-0.05, 0) is 36.4 Å². The van der Waals surface area contributed by atoms with E-state index in [0.29, 0.717) is 10.8 Å². The van der Waals surface area contributed by atoms with Gasteiger partial charge in [-0.25, -0.2) is 0 Å². The number of nitrogens with one attached hydrogen (secondary N) is 1. The Kier molecular flexibility index (Phi) is 7.90. The van der Waals surface area contributed by atoms with Crippen molar-refractivity contribution in [1.29, 1.82) is 0 Å². The molecule has 0 saturated carbocycles. The lowest BCUT2D eigenvalue weighted by Crippen LogP contribution is -2.21. The van der Waals surface area contributed by atoms with Crippen LogP contribution in [-0.2, 0) is 14.3 Å². The van der Waals surface area contributed by atoms with Gasteiger partial charge in [-0.3, -0.25) is 19.7 Å². The van der Waals surface area contributed by atoms with Crippen LogP contribution in [0.4, 0.5) is 11.4 Å². The summed E-state index contributed by atoms with van der Waals surface area (Å²) in [6.45, 7) is -0.548. The van der Waals surface area contributed by atoms with Gasteiger partial charge in [-0.15, -0.1) is 11.8 Å². The monoisotopic (exact) mass is 428 g/mol. The second-order valence-electron chi connectivity index (χ2n) is 5.18. The molecule has 0 unspecified atom stereocenters. The Bertz CT molecular complexity index is 846. The minimum atomic E-state index is -0.695. The molecular formula is C17H14Cl2N2O5S. The smallest absolute Gasteiger partial charge is 0.307 e. The largest absolute Gasteiger partial charge is 0.456 e. The van der Waals surface area contributed by atoms with Crippen LogP contribution in [0.1, 0.15) is 6.42 Å². The average molecular weight is 429 g/mol. The number of rotatable bonds is 8. The molecule has 0 spiro atoms. The number of hydrogen-bond donors (Lipinski definition) is 1. The minimum Gasteiger partial charge on any atom is -0.456 e. The summed E-state index contributed by atoms with van der Waals surface area (Å²) in [5, 5.41) is 14.1. The van der Waals surface area contributed by atoms with Crippen LogP contribution >= 0.6 is 35.0 Å². The number of amides is 1. The molecule has 27 heavy (non-hydrogen) atoms. The molecule has 0 saturated heterocycles. The first-order valence-electron chi connectivity index (χ1n) is 7.63. The number of nitro benzene ring substituents is 1. The molecule has 2 aromatic carbocycles. The van der Waals surface area contributed by atoms with E-state index in [1.54, 1.807) is 12.1 Å². The highest BCUT2D eigenvalue weighted by atomic mass is 35.5. The number of halogens is 2. The summed E-state index contributed by atoms with van der Waals surface area (Å²) in [6, 6.07) is 10.9. The Morgan fingerprint density at radius 2 is 1.78 bits per heavy atom. The van der Waals surface area contributed by atoms with Crippen molar-refractivity contribution in [3.63, 3.8) is 0 Å². The quantitative estimate of drug-likeness (QED) is 0.286. The first-order chi connectivity index (χ1) is 12.8. The van der Waals surface area contributed by atoms with Crippen LogP contribution in [0.15, 0.2) is 47.4 Å². The zero-order chi connectivity index (χ0) is 19.8. The third kappa shape index (κ3) is 7.09. The highest BCUT2D eigenvalue weighted by molar-refractivity contribution is 7.99. The molecular weight excluding hydrogens is 415 g/mol. The summed E-state index contributed by atoms with van der Waals surface area (Å²) in [6.07, 6.45) is 0.109. The van der Waals surface area contributed by atoms with Crippen LogP contribution in [0.25, 0.3) is 0 Å². The number of nitro groups is 1. The van der Waals surface area contributed by atoms with Gasteiger partial charge in [0.2, 0.25) is 0 Å². The van der Waals surface area contributed by atoms with Gasteiger partial charge in [-0.2, -0.15) is 0 Å². The van der Waals surface area contributed by atoms with Crippen LogP contribution in [-0.4, -0.2) is 29.2 Å². The molecule has 7 nitrogen and oxygen atoms in total. The van der Waals surface area contributed by atoms with Crippen molar-refractivity contribution in [1.82, 2.24) is 0 Å². The summed E-state index contributed by atoms with van der Waals surface area (Å²) < 4.78 is 4.88. The molecule has 1 N–H and O–H groups in total. The van der Waals surface area contributed by atoms with Crippen molar-refractivity contribution < 1.29 is 19.2 Å². The predicted molar refractivity (Wildman–Crippen MR) is 104 cm³/mol. The Morgan fingerprint density at radius 1 is 1.11 bits per heavy atom. The maximum absolute atomic E-state index is 11.9. The fourth-order valence-electron chi connectivity index (χ4n) is 1.96.